The molecule has 1 heterocycles. The zero-order chi connectivity index (χ0) is 12.7. The minimum Gasteiger partial charge on any atom is -0.381 e. The predicted molar refractivity (Wildman–Crippen MR) is 57.9 cm³/mol. The van der Waals surface area contributed by atoms with Gasteiger partial charge in [-0.25, -0.2) is 0 Å². The summed E-state index contributed by atoms with van der Waals surface area (Å²) in [5, 5.41) is 3.13. The molecule has 1 N–H and O–H groups in total. The van der Waals surface area contributed by atoms with Gasteiger partial charge < -0.3 is 14.8 Å². The van der Waals surface area contributed by atoms with Gasteiger partial charge in [-0.05, 0) is 32.2 Å². The van der Waals surface area contributed by atoms with Crippen LogP contribution in [0.2, 0.25) is 0 Å². The second kappa shape index (κ2) is 7.18. The Balaban J connectivity index is 2.18. The Labute approximate surface area is 99.7 Å². The molecule has 0 amide bonds. The van der Waals surface area contributed by atoms with Crippen molar-refractivity contribution in [1.82, 2.24) is 5.32 Å². The van der Waals surface area contributed by atoms with Gasteiger partial charge in [-0.2, -0.15) is 13.2 Å². The van der Waals surface area contributed by atoms with Crippen molar-refractivity contribution in [3.8, 4) is 0 Å². The Hall–Kier alpha value is -0.330. The molecule has 1 aliphatic heterocycles. The van der Waals surface area contributed by atoms with Gasteiger partial charge in [0.15, 0.2) is 0 Å². The first kappa shape index (κ1) is 14.7. The number of hydrogen-bond donors (Lipinski definition) is 1. The molecule has 0 bridgehead atoms. The fourth-order valence-corrected chi connectivity index (χ4v) is 2.10. The van der Waals surface area contributed by atoms with Crippen LogP contribution in [0.4, 0.5) is 13.2 Å². The number of ether oxygens (including phenoxy) is 2. The van der Waals surface area contributed by atoms with E-state index < -0.39 is 12.8 Å². The maximum absolute atomic E-state index is 11.9. The summed E-state index contributed by atoms with van der Waals surface area (Å²) in [6.07, 6.45) is -1.57. The molecule has 0 spiro atoms. The van der Waals surface area contributed by atoms with Crippen LogP contribution in [0.25, 0.3) is 0 Å². The van der Waals surface area contributed by atoms with Crippen LogP contribution in [0.1, 0.15) is 19.3 Å². The summed E-state index contributed by atoms with van der Waals surface area (Å²) in [5.41, 5.74) is 0. The molecule has 1 rings (SSSR count). The predicted octanol–water partition coefficient (Wildman–Crippen LogP) is 1.97. The van der Waals surface area contributed by atoms with Gasteiger partial charge in [0.05, 0.1) is 6.61 Å². The molecule has 0 radical (unpaired) electrons. The molecule has 1 saturated heterocycles. The van der Waals surface area contributed by atoms with Crippen LogP contribution in [0, 0.1) is 5.92 Å². The second-order valence-corrected chi connectivity index (χ2v) is 4.33. The standard InChI is InChI=1S/C11H20F3NO2/c1-15-10(9-3-2-5-16-7-9)4-6-17-8-11(12,13)14/h9-10,15H,2-8H2,1H3. The molecule has 1 aliphatic rings. The SMILES string of the molecule is CNC(CCOCC(F)(F)F)C1CCCOC1. The lowest BCUT2D eigenvalue weighted by Gasteiger charge is -2.30. The van der Waals surface area contributed by atoms with Crippen LogP contribution in [0.3, 0.4) is 0 Å². The minimum atomic E-state index is -4.23. The average Bonchev–Trinajstić information content (AvgIpc) is 2.29. The fraction of sp³-hybridized carbons (Fsp3) is 1.00. The largest absolute Gasteiger partial charge is 0.411 e. The smallest absolute Gasteiger partial charge is 0.381 e. The van der Waals surface area contributed by atoms with Crippen molar-refractivity contribution in [2.45, 2.75) is 31.5 Å². The highest BCUT2D eigenvalue weighted by atomic mass is 19.4. The zero-order valence-electron chi connectivity index (χ0n) is 10.1. The third-order valence-electron chi connectivity index (χ3n) is 2.97. The lowest BCUT2D eigenvalue weighted by atomic mass is 9.92. The number of hydrogen-bond acceptors (Lipinski definition) is 3. The first-order chi connectivity index (χ1) is 8.03. The Morgan fingerprint density at radius 1 is 1.47 bits per heavy atom. The van der Waals surface area contributed by atoms with Gasteiger partial charge in [-0.3, -0.25) is 0 Å². The first-order valence-corrected chi connectivity index (χ1v) is 5.92. The summed E-state index contributed by atoms with van der Waals surface area (Å²) >= 11 is 0. The Bertz CT molecular complexity index is 205. The maximum atomic E-state index is 11.9. The normalized spacial score (nSPS) is 23.6. The summed E-state index contributed by atoms with van der Waals surface area (Å²) in [5.74, 6) is 0.378. The first-order valence-electron chi connectivity index (χ1n) is 5.92. The molecule has 2 unspecified atom stereocenters. The van der Waals surface area contributed by atoms with Gasteiger partial charge in [0.2, 0.25) is 0 Å². The van der Waals surface area contributed by atoms with E-state index in [2.05, 4.69) is 10.1 Å². The van der Waals surface area contributed by atoms with Crippen LogP contribution in [-0.4, -0.2) is 45.7 Å². The molecule has 3 nitrogen and oxygen atoms in total. The average molecular weight is 255 g/mol. The van der Waals surface area contributed by atoms with E-state index in [9.17, 15) is 13.2 Å². The molecule has 0 aliphatic carbocycles. The Morgan fingerprint density at radius 3 is 2.76 bits per heavy atom. The van der Waals surface area contributed by atoms with Gasteiger partial charge in [0.25, 0.3) is 0 Å². The summed E-state index contributed by atoms with van der Waals surface area (Å²) in [6.45, 7) is 0.439. The number of nitrogens with one attached hydrogen (secondary N) is 1. The molecular weight excluding hydrogens is 235 g/mol. The van der Waals surface area contributed by atoms with Crippen LogP contribution < -0.4 is 5.32 Å². The summed E-state index contributed by atoms with van der Waals surface area (Å²) in [6, 6.07) is 0.170. The van der Waals surface area contributed by atoms with E-state index in [0.717, 1.165) is 19.4 Å². The van der Waals surface area contributed by atoms with Gasteiger partial charge in [0, 0.05) is 19.3 Å². The van der Waals surface area contributed by atoms with Crippen molar-refractivity contribution in [1.29, 1.82) is 0 Å². The number of alkyl halides is 3. The quantitative estimate of drug-likeness (QED) is 0.736. The lowest BCUT2D eigenvalue weighted by molar-refractivity contribution is -0.174. The van der Waals surface area contributed by atoms with Gasteiger partial charge in [-0.1, -0.05) is 0 Å². The second-order valence-electron chi connectivity index (χ2n) is 4.33. The zero-order valence-corrected chi connectivity index (χ0v) is 10.1. The van der Waals surface area contributed by atoms with E-state index in [1.807, 2.05) is 7.05 Å². The molecule has 0 aromatic carbocycles. The highest BCUT2D eigenvalue weighted by Gasteiger charge is 2.28. The summed E-state index contributed by atoms with van der Waals surface area (Å²) in [4.78, 5) is 0. The van der Waals surface area contributed by atoms with Crippen LogP contribution in [0.5, 0.6) is 0 Å². The third-order valence-corrected chi connectivity index (χ3v) is 2.97. The molecule has 0 saturated carbocycles. The highest BCUT2D eigenvalue weighted by molar-refractivity contribution is 4.77. The maximum Gasteiger partial charge on any atom is 0.411 e. The van der Waals surface area contributed by atoms with E-state index in [-0.39, 0.29) is 12.6 Å². The lowest BCUT2D eigenvalue weighted by Crippen LogP contribution is -2.39. The molecule has 1 fully saturated rings. The number of halogens is 3. The van der Waals surface area contributed by atoms with Crippen molar-refractivity contribution in [3.05, 3.63) is 0 Å². The van der Waals surface area contributed by atoms with Crippen molar-refractivity contribution >= 4 is 0 Å². The molecule has 0 aromatic rings. The fourth-order valence-electron chi connectivity index (χ4n) is 2.10. The third kappa shape index (κ3) is 6.24. The van der Waals surface area contributed by atoms with Crippen LogP contribution in [0.15, 0.2) is 0 Å². The van der Waals surface area contributed by atoms with Crippen molar-refractivity contribution in [2.75, 3.05) is 33.5 Å². The highest BCUT2D eigenvalue weighted by Crippen LogP contribution is 2.20. The Kier molecular flexibility index (Phi) is 6.22. The molecule has 17 heavy (non-hydrogen) atoms. The van der Waals surface area contributed by atoms with Crippen LogP contribution in [-0.2, 0) is 9.47 Å². The van der Waals surface area contributed by atoms with E-state index >= 15 is 0 Å². The van der Waals surface area contributed by atoms with Gasteiger partial charge in [0.1, 0.15) is 6.61 Å². The molecule has 102 valence electrons. The number of rotatable bonds is 6. The van der Waals surface area contributed by atoms with Gasteiger partial charge in [-0.15, -0.1) is 0 Å². The molecule has 6 heteroatoms. The van der Waals surface area contributed by atoms with E-state index in [1.165, 1.54) is 0 Å². The van der Waals surface area contributed by atoms with Crippen molar-refractivity contribution in [2.24, 2.45) is 5.92 Å². The van der Waals surface area contributed by atoms with Crippen LogP contribution >= 0.6 is 0 Å². The summed E-state index contributed by atoms with van der Waals surface area (Å²) in [7, 11) is 1.82. The van der Waals surface area contributed by atoms with E-state index in [1.54, 1.807) is 0 Å². The van der Waals surface area contributed by atoms with E-state index in [4.69, 9.17) is 4.74 Å². The topological polar surface area (TPSA) is 30.5 Å². The molecule has 2 atom stereocenters. The van der Waals surface area contributed by atoms with Crippen molar-refractivity contribution < 1.29 is 22.6 Å². The van der Waals surface area contributed by atoms with Crippen molar-refractivity contribution in [3.63, 3.8) is 0 Å². The monoisotopic (exact) mass is 255 g/mol. The molecular formula is C11H20F3NO2. The van der Waals surface area contributed by atoms with Gasteiger partial charge >= 0.3 is 6.18 Å². The minimum absolute atomic E-state index is 0.127. The van der Waals surface area contributed by atoms with E-state index in [0.29, 0.717) is 18.9 Å². The summed E-state index contributed by atoms with van der Waals surface area (Å²) < 4.78 is 45.5. The Morgan fingerprint density at radius 2 is 2.24 bits per heavy atom. The molecule has 0 aromatic heterocycles.